The molecule has 0 aliphatic carbocycles. The molecule has 2 aliphatic heterocycles. The highest BCUT2D eigenvalue weighted by molar-refractivity contribution is 9.11. The number of hydrogen-bond acceptors (Lipinski definition) is 4. The second-order valence-electron chi connectivity index (χ2n) is 7.93. The van der Waals surface area contributed by atoms with Crippen LogP contribution in [-0.2, 0) is 9.59 Å². The van der Waals surface area contributed by atoms with Gasteiger partial charge in [0.15, 0.2) is 0 Å². The lowest BCUT2D eigenvalue weighted by Gasteiger charge is -2.37. The second kappa shape index (κ2) is 9.39. The number of rotatable bonds is 4. The van der Waals surface area contributed by atoms with Gasteiger partial charge < -0.3 is 15.1 Å². The number of halogens is 1. The van der Waals surface area contributed by atoms with Crippen LogP contribution in [0.15, 0.2) is 15.9 Å². The highest BCUT2D eigenvalue weighted by Gasteiger charge is 2.33. The second-order valence-corrected chi connectivity index (χ2v) is 10.4. The fourth-order valence-electron chi connectivity index (χ4n) is 4.03. The molecule has 2 atom stereocenters. The zero-order valence-corrected chi connectivity index (χ0v) is 18.9. The largest absolute Gasteiger partial charge is 0.342 e. The van der Waals surface area contributed by atoms with Crippen LogP contribution < -0.4 is 5.32 Å². The first-order chi connectivity index (χ1) is 13.3. The van der Waals surface area contributed by atoms with Gasteiger partial charge in [0.2, 0.25) is 11.8 Å². The van der Waals surface area contributed by atoms with Gasteiger partial charge in [-0.1, -0.05) is 6.92 Å². The van der Waals surface area contributed by atoms with Gasteiger partial charge in [0, 0.05) is 32.1 Å². The molecule has 6 nitrogen and oxygen atoms in total. The fourth-order valence-corrected chi connectivity index (χ4v) is 5.32. The van der Waals surface area contributed by atoms with Gasteiger partial charge in [0.25, 0.3) is 5.91 Å². The van der Waals surface area contributed by atoms with E-state index in [1.54, 1.807) is 17.9 Å². The minimum absolute atomic E-state index is 0.0164. The van der Waals surface area contributed by atoms with E-state index >= 15 is 0 Å². The Bertz CT molecular complexity index is 730. The summed E-state index contributed by atoms with van der Waals surface area (Å²) >= 11 is 4.68. The topological polar surface area (TPSA) is 69.7 Å². The normalized spacial score (nSPS) is 22.0. The van der Waals surface area contributed by atoms with Gasteiger partial charge in [-0.2, -0.15) is 0 Å². The van der Waals surface area contributed by atoms with Crippen molar-refractivity contribution in [1.29, 1.82) is 0 Å². The minimum Gasteiger partial charge on any atom is -0.342 e. The molecule has 3 heterocycles. The van der Waals surface area contributed by atoms with E-state index in [1.165, 1.54) is 17.8 Å². The van der Waals surface area contributed by atoms with E-state index in [1.807, 2.05) is 11.0 Å². The van der Waals surface area contributed by atoms with Gasteiger partial charge in [-0.05, 0) is 66.6 Å². The number of amides is 3. The Labute approximate surface area is 178 Å². The highest BCUT2D eigenvalue weighted by Crippen LogP contribution is 2.24. The zero-order chi connectivity index (χ0) is 20.3. The molecule has 2 unspecified atom stereocenters. The van der Waals surface area contributed by atoms with E-state index in [4.69, 9.17) is 0 Å². The van der Waals surface area contributed by atoms with Crippen molar-refractivity contribution in [3.05, 3.63) is 20.8 Å². The molecule has 1 aromatic rings. The van der Waals surface area contributed by atoms with E-state index in [0.717, 1.165) is 23.3 Å². The first-order valence-corrected chi connectivity index (χ1v) is 11.6. The van der Waals surface area contributed by atoms with Gasteiger partial charge in [-0.3, -0.25) is 14.4 Å². The van der Waals surface area contributed by atoms with Crippen LogP contribution in [0, 0.1) is 11.8 Å². The molecule has 28 heavy (non-hydrogen) atoms. The van der Waals surface area contributed by atoms with Crippen LogP contribution in [-0.4, -0.2) is 59.7 Å². The molecule has 0 aromatic carbocycles. The van der Waals surface area contributed by atoms with Crippen LogP contribution in [0.2, 0.25) is 0 Å². The van der Waals surface area contributed by atoms with Gasteiger partial charge in [-0.15, -0.1) is 11.3 Å². The molecule has 0 bridgehead atoms. The number of carbonyl (C=O) groups excluding carboxylic acids is 3. The van der Waals surface area contributed by atoms with Gasteiger partial charge in [0.1, 0.15) is 6.04 Å². The van der Waals surface area contributed by atoms with Crippen LogP contribution in [0.4, 0.5) is 0 Å². The maximum Gasteiger partial charge on any atom is 0.262 e. The number of thiophene rings is 1. The quantitative estimate of drug-likeness (QED) is 0.735. The molecule has 3 rings (SSSR count). The molecule has 0 radical (unpaired) electrons. The number of hydrogen-bond donors (Lipinski definition) is 1. The molecule has 154 valence electrons. The Morgan fingerprint density at radius 1 is 1.14 bits per heavy atom. The molecular formula is C20H28BrN3O3S. The number of piperidine rings is 2. The molecule has 8 heteroatoms. The van der Waals surface area contributed by atoms with Crippen LogP contribution >= 0.6 is 27.3 Å². The Hall–Kier alpha value is -1.41. The molecule has 0 spiro atoms. The monoisotopic (exact) mass is 469 g/mol. The van der Waals surface area contributed by atoms with Crippen molar-refractivity contribution in [2.75, 3.05) is 26.2 Å². The predicted molar refractivity (Wildman–Crippen MR) is 113 cm³/mol. The summed E-state index contributed by atoms with van der Waals surface area (Å²) in [6.07, 6.45) is 3.69. The lowest BCUT2D eigenvalue weighted by molar-refractivity contribution is -0.142. The molecule has 1 aromatic heterocycles. The first kappa shape index (κ1) is 21.3. The number of nitrogens with one attached hydrogen (secondary N) is 1. The lowest BCUT2D eigenvalue weighted by Crippen LogP contribution is -2.51. The summed E-state index contributed by atoms with van der Waals surface area (Å²) in [5, 5.41) is 2.78. The van der Waals surface area contributed by atoms with E-state index < -0.39 is 6.04 Å². The first-order valence-electron chi connectivity index (χ1n) is 9.99. The molecule has 1 N–H and O–H groups in total. The third-order valence-corrected chi connectivity index (χ3v) is 7.26. The van der Waals surface area contributed by atoms with Crippen molar-refractivity contribution in [1.82, 2.24) is 15.1 Å². The van der Waals surface area contributed by atoms with Crippen molar-refractivity contribution in [3.63, 3.8) is 0 Å². The van der Waals surface area contributed by atoms with Crippen molar-refractivity contribution < 1.29 is 14.4 Å². The summed E-state index contributed by atoms with van der Waals surface area (Å²) in [5.74, 6) is 0.529. The van der Waals surface area contributed by atoms with E-state index in [2.05, 4.69) is 28.2 Å². The summed E-state index contributed by atoms with van der Waals surface area (Å²) < 4.78 is 0.881. The third kappa shape index (κ3) is 5.14. The van der Waals surface area contributed by atoms with Crippen LogP contribution in [0.1, 0.15) is 49.2 Å². The summed E-state index contributed by atoms with van der Waals surface area (Å²) in [6.45, 7) is 6.79. The molecule has 2 aliphatic rings. The predicted octanol–water partition coefficient (Wildman–Crippen LogP) is 3.13. The Kier molecular flexibility index (Phi) is 7.15. The van der Waals surface area contributed by atoms with E-state index in [0.29, 0.717) is 36.7 Å². The van der Waals surface area contributed by atoms with Crippen molar-refractivity contribution in [3.8, 4) is 0 Å². The highest BCUT2D eigenvalue weighted by atomic mass is 79.9. The minimum atomic E-state index is -0.580. The van der Waals surface area contributed by atoms with Gasteiger partial charge in [0.05, 0.1) is 8.66 Å². The van der Waals surface area contributed by atoms with Crippen LogP contribution in [0.3, 0.4) is 0 Å². The average Bonchev–Trinajstić information content (AvgIpc) is 3.13. The average molecular weight is 470 g/mol. The van der Waals surface area contributed by atoms with Crippen molar-refractivity contribution in [2.24, 2.45) is 11.8 Å². The fraction of sp³-hybridized carbons (Fsp3) is 0.650. The Morgan fingerprint density at radius 3 is 2.46 bits per heavy atom. The van der Waals surface area contributed by atoms with E-state index in [-0.39, 0.29) is 23.6 Å². The maximum atomic E-state index is 12.8. The molecular weight excluding hydrogens is 442 g/mol. The summed E-state index contributed by atoms with van der Waals surface area (Å²) in [5.41, 5.74) is 0. The lowest BCUT2D eigenvalue weighted by atomic mass is 9.92. The third-order valence-electron chi connectivity index (χ3n) is 5.64. The summed E-state index contributed by atoms with van der Waals surface area (Å²) in [4.78, 5) is 42.1. The Balaban J connectivity index is 1.47. The van der Waals surface area contributed by atoms with Crippen LogP contribution in [0.25, 0.3) is 0 Å². The zero-order valence-electron chi connectivity index (χ0n) is 16.4. The van der Waals surface area contributed by atoms with Gasteiger partial charge >= 0.3 is 0 Å². The number of likely N-dealkylation sites (tertiary alicyclic amines) is 2. The van der Waals surface area contributed by atoms with Gasteiger partial charge in [-0.25, -0.2) is 0 Å². The standard InChI is InChI=1S/C20H28BrN3O3S/c1-13-4-3-9-24(12-13)20(27)15-7-10-23(11-8-15)19(26)14(2)22-18(25)16-5-6-17(21)28-16/h5-6,13-15H,3-4,7-12H2,1-2H3,(H,22,25). The number of carbonyl (C=O) groups is 3. The molecule has 2 saturated heterocycles. The molecule has 2 fully saturated rings. The van der Waals surface area contributed by atoms with Crippen molar-refractivity contribution in [2.45, 2.75) is 45.6 Å². The summed E-state index contributed by atoms with van der Waals surface area (Å²) in [6, 6.07) is 2.97. The number of nitrogens with zero attached hydrogens (tertiary/aromatic N) is 2. The molecule has 3 amide bonds. The van der Waals surface area contributed by atoms with E-state index in [9.17, 15) is 14.4 Å². The maximum absolute atomic E-state index is 12.8. The van der Waals surface area contributed by atoms with Crippen LogP contribution in [0.5, 0.6) is 0 Å². The molecule has 0 saturated carbocycles. The summed E-state index contributed by atoms with van der Waals surface area (Å²) in [7, 11) is 0. The Morgan fingerprint density at radius 2 is 1.86 bits per heavy atom. The van der Waals surface area contributed by atoms with Crippen molar-refractivity contribution >= 4 is 45.0 Å². The smallest absolute Gasteiger partial charge is 0.262 e. The SMILES string of the molecule is CC1CCCN(C(=O)C2CCN(C(=O)C(C)NC(=O)c3ccc(Br)s3)CC2)C1.